The van der Waals surface area contributed by atoms with Gasteiger partial charge in [0.2, 0.25) is 0 Å². The molecular formula is C14H15ClN2. The maximum atomic E-state index is 6.17. The highest BCUT2D eigenvalue weighted by Gasteiger charge is 2.08. The zero-order valence-electron chi connectivity index (χ0n) is 9.73. The van der Waals surface area contributed by atoms with Crippen LogP contribution in [0.5, 0.6) is 0 Å². The lowest BCUT2D eigenvalue weighted by molar-refractivity contribution is 0.721. The Labute approximate surface area is 106 Å². The molecule has 1 aromatic heterocycles. The molecule has 1 unspecified atom stereocenters. The number of nitrogens with zero attached hydrogens (tertiary/aromatic N) is 1. The summed E-state index contributed by atoms with van der Waals surface area (Å²) in [5.41, 5.74) is 9.49. The van der Waals surface area contributed by atoms with Crippen LogP contribution in [0.25, 0.3) is 0 Å². The van der Waals surface area contributed by atoms with Crippen LogP contribution in [0.2, 0.25) is 5.02 Å². The number of hydrogen-bond acceptors (Lipinski definition) is 2. The predicted molar refractivity (Wildman–Crippen MR) is 71.1 cm³/mol. The van der Waals surface area contributed by atoms with Gasteiger partial charge in [0.05, 0.1) is 0 Å². The average Bonchev–Trinajstić information content (AvgIpc) is 2.34. The Morgan fingerprint density at radius 2 is 1.94 bits per heavy atom. The van der Waals surface area contributed by atoms with E-state index in [0.29, 0.717) is 0 Å². The van der Waals surface area contributed by atoms with E-state index in [0.717, 1.165) is 22.6 Å². The molecule has 0 saturated carbocycles. The molecule has 88 valence electrons. The highest BCUT2D eigenvalue weighted by Crippen LogP contribution is 2.22. The van der Waals surface area contributed by atoms with Crippen molar-refractivity contribution < 1.29 is 0 Å². The fraction of sp³-hybridized carbons (Fsp3) is 0.214. The van der Waals surface area contributed by atoms with Crippen molar-refractivity contribution in [3.8, 4) is 0 Å². The number of aromatic nitrogens is 1. The monoisotopic (exact) mass is 246 g/mol. The molecule has 3 heteroatoms. The molecule has 0 fully saturated rings. The van der Waals surface area contributed by atoms with Gasteiger partial charge in [0.25, 0.3) is 0 Å². The van der Waals surface area contributed by atoms with Crippen LogP contribution in [0.4, 0.5) is 0 Å². The Kier molecular flexibility index (Phi) is 3.77. The zero-order valence-corrected chi connectivity index (χ0v) is 10.5. The Morgan fingerprint density at radius 1 is 1.24 bits per heavy atom. The van der Waals surface area contributed by atoms with Gasteiger partial charge in [-0.1, -0.05) is 23.7 Å². The molecule has 2 nitrogen and oxygen atoms in total. The van der Waals surface area contributed by atoms with E-state index >= 15 is 0 Å². The molecule has 0 aliphatic carbocycles. The Morgan fingerprint density at radius 3 is 2.59 bits per heavy atom. The van der Waals surface area contributed by atoms with Crippen molar-refractivity contribution in [2.45, 2.75) is 19.4 Å². The van der Waals surface area contributed by atoms with E-state index in [1.807, 2.05) is 37.3 Å². The quantitative estimate of drug-likeness (QED) is 0.903. The minimum atomic E-state index is -0.0319. The maximum Gasteiger partial charge on any atom is 0.0438 e. The number of pyridine rings is 1. The van der Waals surface area contributed by atoms with E-state index < -0.39 is 0 Å². The van der Waals surface area contributed by atoms with Gasteiger partial charge in [-0.3, -0.25) is 4.98 Å². The van der Waals surface area contributed by atoms with Crippen molar-refractivity contribution in [1.29, 1.82) is 0 Å². The van der Waals surface area contributed by atoms with Crippen LogP contribution in [-0.2, 0) is 6.42 Å². The summed E-state index contributed by atoms with van der Waals surface area (Å²) in [4.78, 5) is 3.99. The minimum absolute atomic E-state index is 0.0319. The van der Waals surface area contributed by atoms with Crippen LogP contribution in [0.3, 0.4) is 0 Å². The topological polar surface area (TPSA) is 38.9 Å². The van der Waals surface area contributed by atoms with Gasteiger partial charge in [0.15, 0.2) is 0 Å². The third kappa shape index (κ3) is 3.05. The number of nitrogens with two attached hydrogens (primary N) is 1. The lowest BCUT2D eigenvalue weighted by atomic mass is 9.99. The van der Waals surface area contributed by atoms with Crippen LogP contribution in [0.15, 0.2) is 42.7 Å². The first-order chi connectivity index (χ1) is 8.16. The van der Waals surface area contributed by atoms with Gasteiger partial charge in [-0.2, -0.15) is 0 Å². The summed E-state index contributed by atoms with van der Waals surface area (Å²) in [5, 5.41) is 0.771. The minimum Gasteiger partial charge on any atom is -0.324 e. The second kappa shape index (κ2) is 5.30. The summed E-state index contributed by atoms with van der Waals surface area (Å²) >= 11 is 6.10. The molecule has 0 aliphatic rings. The smallest absolute Gasteiger partial charge is 0.0438 e. The zero-order chi connectivity index (χ0) is 12.3. The first-order valence-corrected chi connectivity index (χ1v) is 5.95. The lowest BCUT2D eigenvalue weighted by Crippen LogP contribution is -2.13. The average molecular weight is 247 g/mol. The molecule has 0 saturated heterocycles. The summed E-state index contributed by atoms with van der Waals surface area (Å²) in [6.45, 7) is 1.99. The molecule has 2 N–H and O–H groups in total. The molecule has 1 aromatic carbocycles. The van der Waals surface area contributed by atoms with Crippen molar-refractivity contribution in [3.63, 3.8) is 0 Å². The van der Waals surface area contributed by atoms with Crippen molar-refractivity contribution in [1.82, 2.24) is 4.98 Å². The third-order valence-corrected chi connectivity index (χ3v) is 3.24. The van der Waals surface area contributed by atoms with E-state index in [4.69, 9.17) is 17.3 Å². The van der Waals surface area contributed by atoms with Crippen molar-refractivity contribution >= 4 is 11.6 Å². The van der Waals surface area contributed by atoms with Gasteiger partial charge in [0, 0.05) is 23.5 Å². The Bertz CT molecular complexity index is 497. The molecule has 0 aliphatic heterocycles. The predicted octanol–water partition coefficient (Wildman–Crippen LogP) is 3.29. The summed E-state index contributed by atoms with van der Waals surface area (Å²) in [6, 6.07) is 9.92. The van der Waals surface area contributed by atoms with Crippen LogP contribution in [-0.4, -0.2) is 4.98 Å². The lowest BCUT2D eigenvalue weighted by Gasteiger charge is -2.13. The van der Waals surface area contributed by atoms with Gasteiger partial charge in [-0.15, -0.1) is 0 Å². The Hall–Kier alpha value is -1.38. The molecule has 0 spiro atoms. The molecule has 2 rings (SSSR count). The standard InChI is InChI=1S/C14H15ClN2/c1-10-2-3-12(9-13(10)15)14(16)8-11-4-6-17-7-5-11/h2-7,9,14H,8,16H2,1H3. The van der Waals surface area contributed by atoms with Gasteiger partial charge >= 0.3 is 0 Å². The first kappa shape index (κ1) is 12.1. The van der Waals surface area contributed by atoms with Crippen LogP contribution >= 0.6 is 11.6 Å². The van der Waals surface area contributed by atoms with Gasteiger partial charge in [0.1, 0.15) is 0 Å². The molecule has 17 heavy (non-hydrogen) atoms. The second-order valence-electron chi connectivity index (χ2n) is 4.17. The second-order valence-corrected chi connectivity index (χ2v) is 4.58. The van der Waals surface area contributed by atoms with Crippen molar-refractivity contribution in [2.24, 2.45) is 5.73 Å². The molecular weight excluding hydrogens is 232 g/mol. The Balaban J connectivity index is 2.14. The third-order valence-electron chi connectivity index (χ3n) is 2.83. The molecule has 2 aromatic rings. The number of hydrogen-bond donors (Lipinski definition) is 1. The van der Waals surface area contributed by atoms with E-state index in [1.165, 1.54) is 5.56 Å². The normalized spacial score (nSPS) is 12.4. The number of rotatable bonds is 3. The van der Waals surface area contributed by atoms with E-state index in [-0.39, 0.29) is 6.04 Å². The van der Waals surface area contributed by atoms with E-state index in [9.17, 15) is 0 Å². The first-order valence-electron chi connectivity index (χ1n) is 5.57. The fourth-order valence-corrected chi connectivity index (χ4v) is 1.92. The molecule has 0 radical (unpaired) electrons. The van der Waals surface area contributed by atoms with E-state index in [2.05, 4.69) is 4.98 Å². The van der Waals surface area contributed by atoms with Crippen LogP contribution in [0, 0.1) is 6.92 Å². The fourth-order valence-electron chi connectivity index (χ4n) is 1.73. The highest BCUT2D eigenvalue weighted by atomic mass is 35.5. The van der Waals surface area contributed by atoms with Crippen LogP contribution in [0.1, 0.15) is 22.7 Å². The molecule has 0 bridgehead atoms. The largest absolute Gasteiger partial charge is 0.324 e. The van der Waals surface area contributed by atoms with Gasteiger partial charge in [-0.05, 0) is 48.2 Å². The highest BCUT2D eigenvalue weighted by molar-refractivity contribution is 6.31. The van der Waals surface area contributed by atoms with Crippen molar-refractivity contribution in [3.05, 3.63) is 64.4 Å². The summed E-state index contributed by atoms with van der Waals surface area (Å²) < 4.78 is 0. The SMILES string of the molecule is Cc1ccc(C(N)Cc2ccncc2)cc1Cl. The number of aryl methyl sites for hydroxylation is 1. The number of halogens is 1. The van der Waals surface area contributed by atoms with Crippen LogP contribution < -0.4 is 5.73 Å². The summed E-state index contributed by atoms with van der Waals surface area (Å²) in [7, 11) is 0. The molecule has 0 amide bonds. The van der Waals surface area contributed by atoms with Crippen molar-refractivity contribution in [2.75, 3.05) is 0 Å². The maximum absolute atomic E-state index is 6.17. The summed E-state index contributed by atoms with van der Waals surface area (Å²) in [5.74, 6) is 0. The van der Waals surface area contributed by atoms with Gasteiger partial charge < -0.3 is 5.73 Å². The molecule has 1 atom stereocenters. The van der Waals surface area contributed by atoms with Gasteiger partial charge in [-0.25, -0.2) is 0 Å². The number of benzene rings is 1. The van der Waals surface area contributed by atoms with E-state index in [1.54, 1.807) is 12.4 Å². The molecule has 1 heterocycles. The summed E-state index contributed by atoms with van der Waals surface area (Å²) in [6.07, 6.45) is 4.36.